The highest BCUT2D eigenvalue weighted by molar-refractivity contribution is 5.95. The summed E-state index contributed by atoms with van der Waals surface area (Å²) in [7, 11) is 0. The lowest BCUT2D eigenvalue weighted by Crippen LogP contribution is -2.52. The minimum atomic E-state index is -0.916. The van der Waals surface area contributed by atoms with Crippen molar-refractivity contribution in [1.82, 2.24) is 10.2 Å². The van der Waals surface area contributed by atoms with Crippen molar-refractivity contribution >= 4 is 17.8 Å². The van der Waals surface area contributed by atoms with Gasteiger partial charge in [0.1, 0.15) is 6.04 Å². The van der Waals surface area contributed by atoms with Gasteiger partial charge in [-0.15, -0.1) is 0 Å². The third-order valence-electron chi connectivity index (χ3n) is 4.43. The fourth-order valence-corrected chi connectivity index (χ4v) is 3.17. The number of nitrogens with one attached hydrogen (secondary N) is 1. The maximum Gasteiger partial charge on any atom is 0.308 e. The van der Waals surface area contributed by atoms with Crippen molar-refractivity contribution in [2.75, 3.05) is 13.1 Å². The van der Waals surface area contributed by atoms with Crippen LogP contribution in [0.5, 0.6) is 0 Å². The Morgan fingerprint density at radius 1 is 1.36 bits per heavy atom. The predicted molar refractivity (Wildman–Crippen MR) is 91.0 cm³/mol. The molecule has 2 atom stereocenters. The van der Waals surface area contributed by atoms with Crippen LogP contribution in [0.1, 0.15) is 50.1 Å². The number of hydrogen-bond acceptors (Lipinski definition) is 4. The van der Waals surface area contributed by atoms with E-state index >= 15 is 0 Å². The number of nitrogens with zero attached hydrogens (tertiary/aromatic N) is 1. The third-order valence-corrected chi connectivity index (χ3v) is 4.43. The van der Waals surface area contributed by atoms with E-state index in [-0.39, 0.29) is 30.0 Å². The second-order valence-corrected chi connectivity index (χ2v) is 6.90. The largest absolute Gasteiger partial charge is 0.481 e. The first-order valence-electron chi connectivity index (χ1n) is 8.75. The molecule has 0 radical (unpaired) electrons. The van der Waals surface area contributed by atoms with Crippen molar-refractivity contribution in [3.63, 3.8) is 0 Å². The van der Waals surface area contributed by atoms with E-state index in [1.165, 1.54) is 11.2 Å². The van der Waals surface area contributed by atoms with Gasteiger partial charge in [0.25, 0.3) is 5.91 Å². The lowest BCUT2D eigenvalue weighted by atomic mass is 9.96. The molecule has 1 aliphatic heterocycles. The van der Waals surface area contributed by atoms with Gasteiger partial charge < -0.3 is 19.7 Å². The summed E-state index contributed by atoms with van der Waals surface area (Å²) in [6, 6.07) is 2.63. The van der Waals surface area contributed by atoms with Crippen molar-refractivity contribution in [2.45, 2.75) is 45.6 Å². The van der Waals surface area contributed by atoms with Crippen molar-refractivity contribution in [3.05, 3.63) is 24.2 Å². The van der Waals surface area contributed by atoms with Crippen LogP contribution in [0, 0.1) is 11.8 Å². The maximum atomic E-state index is 12.6. The van der Waals surface area contributed by atoms with Crippen molar-refractivity contribution in [1.29, 1.82) is 0 Å². The minimum absolute atomic E-state index is 0.0750. The van der Waals surface area contributed by atoms with Crippen molar-refractivity contribution < 1.29 is 23.9 Å². The van der Waals surface area contributed by atoms with Gasteiger partial charge in [0.2, 0.25) is 5.91 Å². The number of carboxylic acids is 1. The highest BCUT2D eigenvalue weighted by atomic mass is 16.4. The van der Waals surface area contributed by atoms with Crippen LogP contribution in [0.4, 0.5) is 0 Å². The third kappa shape index (κ3) is 5.08. The maximum absolute atomic E-state index is 12.6. The molecule has 2 amide bonds. The number of amides is 2. The molecule has 0 aliphatic carbocycles. The van der Waals surface area contributed by atoms with E-state index in [1.807, 2.05) is 13.8 Å². The quantitative estimate of drug-likeness (QED) is 0.785. The Hall–Kier alpha value is -2.31. The molecule has 7 nitrogen and oxygen atoms in total. The standard InChI is InChI=1S/C18H26N2O5/c1-12(2)10-13(18(23)24)11-19-16(21)14-6-3-4-8-20(14)17(22)15-7-5-9-25-15/h5,7,9,12-14H,3-4,6,8,10-11H2,1-2H3,(H,19,21)(H,23,24). The van der Waals surface area contributed by atoms with Gasteiger partial charge in [-0.25, -0.2) is 0 Å². The molecule has 0 aromatic carbocycles. The van der Waals surface area contributed by atoms with Crippen molar-refractivity contribution in [3.8, 4) is 0 Å². The molecule has 1 aliphatic rings. The number of piperidine rings is 1. The lowest BCUT2D eigenvalue weighted by molar-refractivity contribution is -0.142. The molecule has 1 fully saturated rings. The van der Waals surface area contributed by atoms with Crippen LogP contribution >= 0.6 is 0 Å². The SMILES string of the molecule is CC(C)CC(CNC(=O)C1CCCCN1C(=O)c1ccco1)C(=O)O. The zero-order chi connectivity index (χ0) is 18.4. The number of hydrogen-bond donors (Lipinski definition) is 2. The first-order chi connectivity index (χ1) is 11.9. The van der Waals surface area contributed by atoms with Crippen LogP contribution in [0.3, 0.4) is 0 Å². The number of furan rings is 1. The normalized spacial score (nSPS) is 18.8. The summed E-state index contributed by atoms with van der Waals surface area (Å²) in [6.45, 7) is 4.46. The minimum Gasteiger partial charge on any atom is -0.481 e. The summed E-state index contributed by atoms with van der Waals surface area (Å²) in [5.74, 6) is -1.70. The monoisotopic (exact) mass is 350 g/mol. The van der Waals surface area contributed by atoms with Crippen LogP contribution in [-0.2, 0) is 9.59 Å². The number of rotatable bonds is 7. The number of carbonyl (C=O) groups excluding carboxylic acids is 2. The molecule has 0 bridgehead atoms. The number of aliphatic carboxylic acids is 1. The fraction of sp³-hybridized carbons (Fsp3) is 0.611. The lowest BCUT2D eigenvalue weighted by Gasteiger charge is -2.34. The number of carboxylic acid groups (broad SMARTS) is 1. The smallest absolute Gasteiger partial charge is 0.308 e. The van der Waals surface area contributed by atoms with Gasteiger partial charge in [-0.05, 0) is 43.7 Å². The average Bonchev–Trinajstić information content (AvgIpc) is 3.11. The van der Waals surface area contributed by atoms with E-state index in [2.05, 4.69) is 5.32 Å². The molecule has 0 spiro atoms. The van der Waals surface area contributed by atoms with Gasteiger partial charge >= 0.3 is 5.97 Å². The predicted octanol–water partition coefficient (Wildman–Crippen LogP) is 2.14. The second-order valence-electron chi connectivity index (χ2n) is 6.90. The number of carbonyl (C=O) groups is 3. The molecule has 0 saturated carbocycles. The van der Waals surface area contributed by atoms with Crippen LogP contribution in [-0.4, -0.2) is 46.9 Å². The highest BCUT2D eigenvalue weighted by Crippen LogP contribution is 2.20. The number of likely N-dealkylation sites (tertiary alicyclic amines) is 1. The zero-order valence-corrected chi connectivity index (χ0v) is 14.7. The van der Waals surface area contributed by atoms with Gasteiger partial charge in [0.05, 0.1) is 12.2 Å². The molecule has 2 N–H and O–H groups in total. The van der Waals surface area contributed by atoms with Crippen molar-refractivity contribution in [2.24, 2.45) is 11.8 Å². The van der Waals surface area contributed by atoms with Gasteiger partial charge in [0, 0.05) is 13.1 Å². The van der Waals surface area contributed by atoms with Gasteiger partial charge in [-0.3, -0.25) is 14.4 Å². The molecule has 2 unspecified atom stereocenters. The first-order valence-corrected chi connectivity index (χ1v) is 8.75. The molecule has 7 heteroatoms. The Labute approximate surface area is 147 Å². The van der Waals surface area contributed by atoms with Crippen LogP contribution in [0.2, 0.25) is 0 Å². The molecule has 2 heterocycles. The fourth-order valence-electron chi connectivity index (χ4n) is 3.17. The molecule has 1 saturated heterocycles. The van der Waals surface area contributed by atoms with Crippen LogP contribution < -0.4 is 5.32 Å². The van der Waals surface area contributed by atoms with E-state index < -0.39 is 17.9 Å². The average molecular weight is 350 g/mol. The zero-order valence-electron chi connectivity index (χ0n) is 14.7. The molecule has 25 heavy (non-hydrogen) atoms. The summed E-state index contributed by atoms with van der Waals surface area (Å²) in [5.41, 5.74) is 0. The second kappa shape index (κ2) is 8.69. The Morgan fingerprint density at radius 3 is 2.72 bits per heavy atom. The Kier molecular flexibility index (Phi) is 6.61. The summed E-state index contributed by atoms with van der Waals surface area (Å²) >= 11 is 0. The van der Waals surface area contributed by atoms with E-state index in [0.29, 0.717) is 19.4 Å². The van der Waals surface area contributed by atoms with E-state index in [4.69, 9.17) is 4.42 Å². The Morgan fingerprint density at radius 2 is 2.12 bits per heavy atom. The van der Waals surface area contributed by atoms with Crippen LogP contribution in [0.25, 0.3) is 0 Å². The van der Waals surface area contributed by atoms with Gasteiger partial charge in [-0.2, -0.15) is 0 Å². The van der Waals surface area contributed by atoms with Gasteiger partial charge in [0.15, 0.2) is 5.76 Å². The molecule has 1 aromatic heterocycles. The molecular weight excluding hydrogens is 324 g/mol. The summed E-state index contributed by atoms with van der Waals surface area (Å²) in [4.78, 5) is 37.9. The summed E-state index contributed by atoms with van der Waals surface area (Å²) in [5, 5.41) is 12.0. The summed E-state index contributed by atoms with van der Waals surface area (Å²) in [6.07, 6.45) is 4.18. The van der Waals surface area contributed by atoms with Gasteiger partial charge in [-0.1, -0.05) is 13.8 Å². The Balaban J connectivity index is 2.00. The molecule has 1 aromatic rings. The first kappa shape index (κ1) is 19.0. The van der Waals surface area contributed by atoms with E-state index in [1.54, 1.807) is 12.1 Å². The summed E-state index contributed by atoms with van der Waals surface area (Å²) < 4.78 is 5.15. The van der Waals surface area contributed by atoms with E-state index in [0.717, 1.165) is 12.8 Å². The van der Waals surface area contributed by atoms with E-state index in [9.17, 15) is 19.5 Å². The van der Waals surface area contributed by atoms with Crippen LogP contribution in [0.15, 0.2) is 22.8 Å². The highest BCUT2D eigenvalue weighted by Gasteiger charge is 2.34. The molecular formula is C18H26N2O5. The Bertz CT molecular complexity index is 597. The molecule has 138 valence electrons. The molecule has 2 rings (SSSR count). The topological polar surface area (TPSA) is 99.9 Å².